The molecule has 6 nitrogen and oxygen atoms in total. The van der Waals surface area contributed by atoms with Gasteiger partial charge in [0.15, 0.2) is 4.21 Å². The fraction of sp³-hybridized carbons (Fsp3) is 0.231. The summed E-state index contributed by atoms with van der Waals surface area (Å²) in [5.41, 5.74) is 0. The molecular weight excluding hydrogens is 344 g/mol. The third-order valence-electron chi connectivity index (χ3n) is 3.58. The predicted octanol–water partition coefficient (Wildman–Crippen LogP) is 2.75. The molecule has 1 aliphatic rings. The lowest BCUT2D eigenvalue weighted by Crippen LogP contribution is -2.37. The third-order valence-corrected chi connectivity index (χ3v) is 7.64. The Morgan fingerprint density at radius 3 is 2.86 bits per heavy atom. The van der Waals surface area contributed by atoms with Crippen LogP contribution < -0.4 is 4.31 Å². The molecule has 9 heteroatoms. The van der Waals surface area contributed by atoms with Gasteiger partial charge < -0.3 is 0 Å². The van der Waals surface area contributed by atoms with Crippen molar-refractivity contribution in [2.24, 2.45) is 0 Å². The molecule has 0 bridgehead atoms. The summed E-state index contributed by atoms with van der Waals surface area (Å²) in [7, 11) is -3.74. The lowest BCUT2D eigenvalue weighted by molar-refractivity contribution is 0.530. The molecule has 0 fully saturated rings. The molecule has 3 heterocycles. The molecule has 3 aromatic rings. The Kier molecular flexibility index (Phi) is 3.14. The van der Waals surface area contributed by atoms with Crippen LogP contribution in [0.2, 0.25) is 5.02 Å². The van der Waals surface area contributed by atoms with E-state index in [1.54, 1.807) is 4.68 Å². The number of fused-ring (bicyclic) bond motifs is 2. The van der Waals surface area contributed by atoms with Crippen molar-refractivity contribution < 1.29 is 8.42 Å². The fourth-order valence-corrected chi connectivity index (χ4v) is 6.24. The molecule has 1 aromatic carbocycles. The standard InChI is InChI=1S/C13H11ClN4O2S2/c14-11-9-4-1-2-5-10(9)21-12(11)22(19,20)18-7-3-6-17-13(18)15-8-16-17/h1-2,4-5,8H,3,6-7H2. The Labute approximate surface area is 136 Å². The van der Waals surface area contributed by atoms with Gasteiger partial charge >= 0.3 is 0 Å². The van der Waals surface area contributed by atoms with Crippen molar-refractivity contribution in [3.8, 4) is 0 Å². The van der Waals surface area contributed by atoms with E-state index in [4.69, 9.17) is 11.6 Å². The third kappa shape index (κ3) is 1.94. The lowest BCUT2D eigenvalue weighted by atomic mass is 10.3. The molecule has 0 amide bonds. The van der Waals surface area contributed by atoms with Gasteiger partial charge in [0.25, 0.3) is 10.0 Å². The molecule has 0 spiro atoms. The summed E-state index contributed by atoms with van der Waals surface area (Å²) in [6.45, 7) is 1.05. The van der Waals surface area contributed by atoms with Crippen LogP contribution in [0.15, 0.2) is 34.8 Å². The second-order valence-corrected chi connectivity index (χ2v) is 8.40. The Morgan fingerprint density at radius 1 is 1.23 bits per heavy atom. The normalized spacial score (nSPS) is 15.2. The first-order valence-corrected chi connectivity index (χ1v) is 9.30. The van der Waals surface area contributed by atoms with Crippen LogP contribution >= 0.6 is 22.9 Å². The first-order valence-electron chi connectivity index (χ1n) is 6.66. The average molecular weight is 355 g/mol. The van der Waals surface area contributed by atoms with Gasteiger partial charge in [0, 0.05) is 23.2 Å². The second-order valence-electron chi connectivity index (χ2n) is 4.91. The molecule has 0 unspecified atom stereocenters. The van der Waals surface area contributed by atoms with Crippen LogP contribution in [0.1, 0.15) is 6.42 Å². The molecular formula is C13H11ClN4O2S2. The van der Waals surface area contributed by atoms with Crippen molar-refractivity contribution in [3.63, 3.8) is 0 Å². The Bertz CT molecular complexity index is 963. The van der Waals surface area contributed by atoms with Crippen molar-refractivity contribution in [2.45, 2.75) is 17.2 Å². The van der Waals surface area contributed by atoms with Crippen LogP contribution in [0.5, 0.6) is 0 Å². The first-order chi connectivity index (χ1) is 10.6. The number of aromatic nitrogens is 3. The van der Waals surface area contributed by atoms with E-state index in [9.17, 15) is 8.42 Å². The van der Waals surface area contributed by atoms with E-state index in [0.717, 1.165) is 10.1 Å². The SMILES string of the molecule is O=S(=O)(c1sc2ccccc2c1Cl)N1CCCn2ncnc21. The van der Waals surface area contributed by atoms with Crippen LogP contribution in [-0.4, -0.2) is 29.7 Å². The number of nitrogens with zero attached hydrogens (tertiary/aromatic N) is 4. The molecule has 1 aliphatic heterocycles. The van der Waals surface area contributed by atoms with E-state index in [0.29, 0.717) is 25.5 Å². The number of rotatable bonds is 2. The Balaban J connectivity index is 1.89. The van der Waals surface area contributed by atoms with Gasteiger partial charge in [-0.3, -0.25) is 0 Å². The average Bonchev–Trinajstić information content (AvgIpc) is 3.12. The number of anilines is 1. The summed E-state index contributed by atoms with van der Waals surface area (Å²) in [5.74, 6) is 0.347. The van der Waals surface area contributed by atoms with Crippen LogP contribution in [0.25, 0.3) is 10.1 Å². The number of hydrogen-bond donors (Lipinski definition) is 0. The van der Waals surface area contributed by atoms with Crippen LogP contribution in [0, 0.1) is 0 Å². The smallest absolute Gasteiger partial charge is 0.233 e. The van der Waals surface area contributed by atoms with Gasteiger partial charge in [0.05, 0.1) is 5.02 Å². The fourth-order valence-electron chi connectivity index (χ4n) is 2.56. The number of halogens is 1. The van der Waals surface area contributed by atoms with Crippen molar-refractivity contribution in [1.82, 2.24) is 14.8 Å². The summed E-state index contributed by atoms with van der Waals surface area (Å²) in [6.07, 6.45) is 2.06. The molecule has 0 aliphatic carbocycles. The summed E-state index contributed by atoms with van der Waals surface area (Å²) < 4.78 is 29.9. The number of benzene rings is 1. The molecule has 22 heavy (non-hydrogen) atoms. The highest BCUT2D eigenvalue weighted by atomic mass is 35.5. The summed E-state index contributed by atoms with van der Waals surface area (Å²) in [4.78, 5) is 4.07. The predicted molar refractivity (Wildman–Crippen MR) is 86.0 cm³/mol. The first kappa shape index (κ1) is 14.0. The van der Waals surface area contributed by atoms with Gasteiger partial charge in [-0.2, -0.15) is 10.1 Å². The maximum absolute atomic E-state index is 13.0. The highest BCUT2D eigenvalue weighted by Crippen LogP contribution is 2.40. The van der Waals surface area contributed by atoms with E-state index in [1.165, 1.54) is 22.0 Å². The largest absolute Gasteiger partial charge is 0.277 e. The monoisotopic (exact) mass is 354 g/mol. The number of sulfonamides is 1. The van der Waals surface area contributed by atoms with Crippen molar-refractivity contribution in [2.75, 3.05) is 10.8 Å². The summed E-state index contributed by atoms with van der Waals surface area (Å²) in [5, 5.41) is 5.08. The van der Waals surface area contributed by atoms with Crippen molar-refractivity contribution in [1.29, 1.82) is 0 Å². The second kappa shape index (κ2) is 4.94. The summed E-state index contributed by atoms with van der Waals surface area (Å²) >= 11 is 7.51. The molecule has 0 saturated carbocycles. The Hall–Kier alpha value is -1.64. The molecule has 0 saturated heterocycles. The topological polar surface area (TPSA) is 68.1 Å². The molecule has 114 valence electrons. The maximum Gasteiger partial charge on any atom is 0.277 e. The van der Waals surface area contributed by atoms with Crippen molar-refractivity contribution >= 4 is 49.0 Å². The van der Waals surface area contributed by atoms with Crippen LogP contribution in [0.4, 0.5) is 5.95 Å². The molecule has 4 rings (SSSR count). The van der Waals surface area contributed by atoms with Gasteiger partial charge in [-0.05, 0) is 12.5 Å². The minimum Gasteiger partial charge on any atom is -0.233 e. The van der Waals surface area contributed by atoms with Gasteiger partial charge in [-0.15, -0.1) is 11.3 Å². The molecule has 0 atom stereocenters. The molecule has 0 N–H and O–H groups in total. The van der Waals surface area contributed by atoms with Crippen molar-refractivity contribution in [3.05, 3.63) is 35.6 Å². The quantitative estimate of drug-likeness (QED) is 0.709. The van der Waals surface area contributed by atoms with Gasteiger partial charge in [-0.1, -0.05) is 29.8 Å². The van der Waals surface area contributed by atoms with E-state index < -0.39 is 10.0 Å². The minimum absolute atomic E-state index is 0.159. The van der Waals surface area contributed by atoms with Crippen LogP contribution in [-0.2, 0) is 16.6 Å². The molecule has 0 radical (unpaired) electrons. The highest BCUT2D eigenvalue weighted by molar-refractivity contribution is 7.95. The van der Waals surface area contributed by atoms with Gasteiger partial charge in [0.1, 0.15) is 6.33 Å². The maximum atomic E-state index is 13.0. The van der Waals surface area contributed by atoms with Gasteiger partial charge in [-0.25, -0.2) is 17.4 Å². The van der Waals surface area contributed by atoms with Gasteiger partial charge in [0.2, 0.25) is 5.95 Å². The lowest BCUT2D eigenvalue weighted by Gasteiger charge is -2.26. The van der Waals surface area contributed by atoms with Crippen LogP contribution in [0.3, 0.4) is 0 Å². The zero-order valence-electron chi connectivity index (χ0n) is 11.3. The zero-order valence-corrected chi connectivity index (χ0v) is 13.7. The Morgan fingerprint density at radius 2 is 2.05 bits per heavy atom. The highest BCUT2D eigenvalue weighted by Gasteiger charge is 2.34. The van der Waals surface area contributed by atoms with E-state index in [2.05, 4.69) is 10.1 Å². The van der Waals surface area contributed by atoms with E-state index in [-0.39, 0.29) is 9.23 Å². The number of hydrogen-bond acceptors (Lipinski definition) is 5. The number of thiophene rings is 1. The summed E-state index contributed by atoms with van der Waals surface area (Å²) in [6, 6.07) is 7.40. The molecule has 2 aromatic heterocycles. The zero-order chi connectivity index (χ0) is 15.3. The number of aryl methyl sites for hydroxylation is 1. The van der Waals surface area contributed by atoms with E-state index in [1.807, 2.05) is 24.3 Å². The minimum atomic E-state index is -3.74. The van der Waals surface area contributed by atoms with E-state index >= 15 is 0 Å².